The van der Waals surface area contributed by atoms with E-state index in [-0.39, 0.29) is 5.91 Å². The van der Waals surface area contributed by atoms with Crippen LogP contribution in [-0.4, -0.2) is 24.2 Å². The van der Waals surface area contributed by atoms with Gasteiger partial charge in [0, 0.05) is 28.1 Å². The largest absolute Gasteiger partial charge is 0.497 e. The topological polar surface area (TPSA) is 66.5 Å². The Labute approximate surface area is 150 Å². The number of carbonyl (C=O) groups excluding carboxylic acids is 1. The van der Waals surface area contributed by atoms with E-state index in [1.54, 1.807) is 37.6 Å². The predicted molar refractivity (Wildman–Crippen MR) is 104 cm³/mol. The smallest absolute Gasteiger partial charge is 0.271 e. The maximum atomic E-state index is 12.1. The van der Waals surface area contributed by atoms with Gasteiger partial charge in [-0.05, 0) is 29.7 Å². The highest BCUT2D eigenvalue weighted by Gasteiger charge is 2.06. The van der Waals surface area contributed by atoms with Gasteiger partial charge in [0.1, 0.15) is 5.75 Å². The van der Waals surface area contributed by atoms with Crippen molar-refractivity contribution in [3.63, 3.8) is 0 Å². The van der Waals surface area contributed by atoms with Gasteiger partial charge in [0.25, 0.3) is 5.91 Å². The van der Waals surface area contributed by atoms with Crippen LogP contribution in [0, 0.1) is 0 Å². The summed E-state index contributed by atoms with van der Waals surface area (Å²) in [4.78, 5) is 15.4. The van der Waals surface area contributed by atoms with E-state index in [1.165, 1.54) is 5.39 Å². The van der Waals surface area contributed by atoms with Crippen LogP contribution in [0.5, 0.6) is 5.75 Å². The highest BCUT2D eigenvalue weighted by Crippen LogP contribution is 2.26. The number of aromatic amines is 1. The molecule has 128 valence electrons. The summed E-state index contributed by atoms with van der Waals surface area (Å²) in [6.07, 6.45) is 3.54. The monoisotopic (exact) mass is 343 g/mol. The number of aromatic nitrogens is 1. The van der Waals surface area contributed by atoms with Gasteiger partial charge in [-0.3, -0.25) is 4.79 Å². The van der Waals surface area contributed by atoms with Crippen molar-refractivity contribution in [2.75, 3.05) is 7.11 Å². The highest BCUT2D eigenvalue weighted by molar-refractivity contribution is 6.11. The number of nitrogens with one attached hydrogen (secondary N) is 2. The molecule has 1 heterocycles. The molecule has 0 radical (unpaired) electrons. The fourth-order valence-corrected chi connectivity index (χ4v) is 2.97. The summed E-state index contributed by atoms with van der Waals surface area (Å²) in [6.45, 7) is 0. The third-order valence-corrected chi connectivity index (χ3v) is 4.33. The number of H-pyrrole nitrogens is 1. The van der Waals surface area contributed by atoms with Gasteiger partial charge in [-0.1, -0.05) is 36.4 Å². The van der Waals surface area contributed by atoms with E-state index >= 15 is 0 Å². The van der Waals surface area contributed by atoms with E-state index in [1.807, 2.05) is 18.3 Å². The zero-order valence-electron chi connectivity index (χ0n) is 14.2. The van der Waals surface area contributed by atoms with E-state index in [2.05, 4.69) is 39.8 Å². The van der Waals surface area contributed by atoms with E-state index < -0.39 is 0 Å². The minimum Gasteiger partial charge on any atom is -0.497 e. The fourth-order valence-electron chi connectivity index (χ4n) is 2.97. The maximum absolute atomic E-state index is 12.1. The van der Waals surface area contributed by atoms with E-state index in [0.29, 0.717) is 11.3 Å². The predicted octanol–water partition coefficient (Wildman–Crippen LogP) is 4.09. The highest BCUT2D eigenvalue weighted by atomic mass is 16.5. The van der Waals surface area contributed by atoms with Crippen LogP contribution in [0.4, 0.5) is 0 Å². The Bertz CT molecular complexity index is 1110. The number of hydrogen-bond donors (Lipinski definition) is 2. The van der Waals surface area contributed by atoms with E-state index in [9.17, 15) is 4.79 Å². The van der Waals surface area contributed by atoms with Gasteiger partial charge in [-0.25, -0.2) is 5.43 Å². The Morgan fingerprint density at radius 3 is 2.65 bits per heavy atom. The number of amides is 1. The number of fused-ring (bicyclic) bond motifs is 3. The molecule has 0 aliphatic heterocycles. The molecule has 0 saturated carbocycles. The van der Waals surface area contributed by atoms with Crippen molar-refractivity contribution >= 4 is 33.8 Å². The molecule has 3 aromatic carbocycles. The van der Waals surface area contributed by atoms with Crippen LogP contribution < -0.4 is 10.2 Å². The molecule has 0 aliphatic rings. The standard InChI is InChI=1S/C21H17N3O2/c1-26-17-9-6-15(7-10-17)21(25)24-23-13-16-12-22-20-18-5-3-2-4-14(18)8-11-19(16)20/h2-13,22H,1H3,(H,24,25)/b23-13-. The van der Waals surface area contributed by atoms with Crippen LogP contribution in [0.15, 0.2) is 72.0 Å². The summed E-state index contributed by atoms with van der Waals surface area (Å²) >= 11 is 0. The molecular weight excluding hydrogens is 326 g/mol. The second kappa shape index (κ2) is 6.72. The third kappa shape index (κ3) is 2.91. The lowest BCUT2D eigenvalue weighted by atomic mass is 10.1. The molecule has 5 nitrogen and oxygen atoms in total. The number of hydrogen-bond acceptors (Lipinski definition) is 3. The van der Waals surface area contributed by atoms with Gasteiger partial charge in [0.05, 0.1) is 18.8 Å². The van der Waals surface area contributed by atoms with Crippen molar-refractivity contribution in [3.05, 3.63) is 78.0 Å². The number of benzene rings is 3. The quantitative estimate of drug-likeness (QED) is 0.433. The van der Waals surface area contributed by atoms with Crippen LogP contribution in [0.1, 0.15) is 15.9 Å². The number of ether oxygens (including phenoxy) is 1. The zero-order valence-corrected chi connectivity index (χ0v) is 14.2. The van der Waals surface area contributed by atoms with Crippen molar-refractivity contribution in [1.29, 1.82) is 0 Å². The molecule has 26 heavy (non-hydrogen) atoms. The summed E-state index contributed by atoms with van der Waals surface area (Å²) in [5.74, 6) is 0.435. The lowest BCUT2D eigenvalue weighted by molar-refractivity contribution is 0.0955. The minimum atomic E-state index is -0.269. The van der Waals surface area contributed by atoms with Crippen LogP contribution >= 0.6 is 0 Å². The van der Waals surface area contributed by atoms with Gasteiger partial charge < -0.3 is 9.72 Å². The Morgan fingerprint density at radius 1 is 1.04 bits per heavy atom. The molecule has 0 aliphatic carbocycles. The van der Waals surface area contributed by atoms with Gasteiger partial charge in [0.15, 0.2) is 0 Å². The third-order valence-electron chi connectivity index (χ3n) is 4.33. The fraction of sp³-hybridized carbons (Fsp3) is 0.0476. The van der Waals surface area contributed by atoms with Crippen molar-refractivity contribution in [3.8, 4) is 5.75 Å². The van der Waals surface area contributed by atoms with Crippen LogP contribution in [0.2, 0.25) is 0 Å². The first-order chi connectivity index (χ1) is 12.8. The zero-order chi connectivity index (χ0) is 17.9. The number of carbonyl (C=O) groups is 1. The Morgan fingerprint density at radius 2 is 1.85 bits per heavy atom. The van der Waals surface area contributed by atoms with Crippen LogP contribution in [-0.2, 0) is 0 Å². The maximum Gasteiger partial charge on any atom is 0.271 e. The molecular formula is C21H17N3O2. The van der Waals surface area contributed by atoms with Gasteiger partial charge in [0.2, 0.25) is 0 Å². The first-order valence-corrected chi connectivity index (χ1v) is 8.22. The van der Waals surface area contributed by atoms with Gasteiger partial charge in [-0.2, -0.15) is 5.10 Å². The first-order valence-electron chi connectivity index (χ1n) is 8.22. The molecule has 5 heteroatoms. The Hall–Kier alpha value is -3.60. The SMILES string of the molecule is COc1ccc(C(=O)N/N=C\c2c[nH]c3c2ccc2ccccc23)cc1. The number of methoxy groups -OCH3 is 1. The summed E-state index contributed by atoms with van der Waals surface area (Å²) in [6, 6.07) is 19.2. The second-order valence-electron chi connectivity index (χ2n) is 5.88. The summed E-state index contributed by atoms with van der Waals surface area (Å²) < 4.78 is 5.09. The number of nitrogens with zero attached hydrogens (tertiary/aromatic N) is 1. The molecule has 0 atom stereocenters. The molecule has 0 saturated heterocycles. The Balaban J connectivity index is 1.55. The first kappa shape index (κ1) is 15.9. The van der Waals surface area contributed by atoms with E-state index in [0.717, 1.165) is 21.9 Å². The van der Waals surface area contributed by atoms with Crippen molar-refractivity contribution in [2.45, 2.75) is 0 Å². The number of rotatable bonds is 4. The second-order valence-corrected chi connectivity index (χ2v) is 5.88. The molecule has 0 unspecified atom stereocenters. The molecule has 4 aromatic rings. The van der Waals surface area contributed by atoms with Crippen LogP contribution in [0.25, 0.3) is 21.7 Å². The molecule has 0 bridgehead atoms. The van der Waals surface area contributed by atoms with Gasteiger partial charge in [-0.15, -0.1) is 0 Å². The molecule has 0 fully saturated rings. The lowest BCUT2D eigenvalue weighted by Crippen LogP contribution is -2.17. The molecule has 2 N–H and O–H groups in total. The molecule has 1 aromatic heterocycles. The molecule has 0 spiro atoms. The summed E-state index contributed by atoms with van der Waals surface area (Å²) in [5, 5.41) is 7.49. The summed E-state index contributed by atoms with van der Waals surface area (Å²) in [7, 11) is 1.59. The van der Waals surface area contributed by atoms with E-state index in [4.69, 9.17) is 4.74 Å². The van der Waals surface area contributed by atoms with Gasteiger partial charge >= 0.3 is 0 Å². The van der Waals surface area contributed by atoms with Crippen molar-refractivity contribution in [1.82, 2.24) is 10.4 Å². The number of hydrazone groups is 1. The minimum absolute atomic E-state index is 0.269. The van der Waals surface area contributed by atoms with Crippen molar-refractivity contribution < 1.29 is 9.53 Å². The lowest BCUT2D eigenvalue weighted by Gasteiger charge is -2.02. The summed E-state index contributed by atoms with van der Waals surface area (Å²) in [5.41, 5.74) is 5.05. The Kier molecular flexibility index (Phi) is 4.11. The average Bonchev–Trinajstić information content (AvgIpc) is 3.11. The normalized spacial score (nSPS) is 11.3. The molecule has 4 rings (SSSR count). The van der Waals surface area contributed by atoms with Crippen molar-refractivity contribution in [2.24, 2.45) is 5.10 Å². The van der Waals surface area contributed by atoms with Crippen LogP contribution in [0.3, 0.4) is 0 Å². The average molecular weight is 343 g/mol. The molecule has 1 amide bonds.